The molecule has 102 valence electrons. The Morgan fingerprint density at radius 2 is 1.80 bits per heavy atom. The van der Waals surface area contributed by atoms with Gasteiger partial charge in [0.25, 0.3) is 0 Å². The lowest BCUT2D eigenvalue weighted by Crippen LogP contribution is -1.94. The van der Waals surface area contributed by atoms with E-state index in [1.165, 1.54) is 5.56 Å². The van der Waals surface area contributed by atoms with Crippen LogP contribution in [0.4, 0.5) is 5.69 Å². The van der Waals surface area contributed by atoms with Gasteiger partial charge in [-0.1, -0.05) is 12.1 Å². The molecule has 0 aromatic heterocycles. The second kappa shape index (κ2) is 6.60. The number of ether oxygens (including phenoxy) is 2. The Bertz CT molecular complexity index is 615. The highest BCUT2D eigenvalue weighted by Gasteiger charge is 2.02. The Hall–Kier alpha value is -2.51. The first-order chi connectivity index (χ1) is 9.72. The monoisotopic (exact) mass is 268 g/mol. The van der Waals surface area contributed by atoms with Gasteiger partial charge < -0.3 is 15.2 Å². The quantitative estimate of drug-likeness (QED) is 0.846. The summed E-state index contributed by atoms with van der Waals surface area (Å²) in [6, 6.07) is 14.9. The van der Waals surface area contributed by atoms with Gasteiger partial charge in [-0.05, 0) is 36.2 Å². The van der Waals surface area contributed by atoms with E-state index in [4.69, 9.17) is 20.5 Å². The summed E-state index contributed by atoms with van der Waals surface area (Å²) >= 11 is 0. The molecule has 0 spiro atoms. The molecule has 0 aliphatic rings. The molecule has 0 radical (unpaired) electrons. The van der Waals surface area contributed by atoms with E-state index in [0.717, 1.165) is 12.2 Å². The number of nitrogens with zero attached hydrogens (tertiary/aromatic N) is 1. The first-order valence-electron chi connectivity index (χ1n) is 6.28. The molecule has 2 aromatic rings. The van der Waals surface area contributed by atoms with Crippen LogP contribution in [-0.4, -0.2) is 13.7 Å². The van der Waals surface area contributed by atoms with Crippen LogP contribution in [-0.2, 0) is 11.2 Å². The van der Waals surface area contributed by atoms with Gasteiger partial charge in [-0.3, -0.25) is 0 Å². The van der Waals surface area contributed by atoms with Gasteiger partial charge in [-0.25, -0.2) is 0 Å². The minimum absolute atomic E-state index is 0.418. The van der Waals surface area contributed by atoms with Crippen LogP contribution < -0.4 is 10.5 Å². The fourth-order valence-corrected chi connectivity index (χ4v) is 1.79. The van der Waals surface area contributed by atoms with Crippen LogP contribution in [0.15, 0.2) is 42.5 Å². The van der Waals surface area contributed by atoms with Gasteiger partial charge >= 0.3 is 0 Å². The van der Waals surface area contributed by atoms with Crippen LogP contribution in [0.5, 0.6) is 11.5 Å². The normalized spacial score (nSPS) is 10.0. The van der Waals surface area contributed by atoms with Crippen molar-refractivity contribution >= 4 is 5.69 Å². The maximum Gasteiger partial charge on any atom is 0.129 e. The Kier molecular flexibility index (Phi) is 4.59. The van der Waals surface area contributed by atoms with Gasteiger partial charge in [-0.15, -0.1) is 0 Å². The van der Waals surface area contributed by atoms with Crippen molar-refractivity contribution in [3.8, 4) is 17.6 Å². The molecular formula is C16H16N2O2. The molecule has 0 aliphatic heterocycles. The molecule has 2 N–H and O–H groups in total. The number of nitrogen functional groups attached to an aromatic ring is 1. The maximum atomic E-state index is 8.82. The molecule has 0 saturated carbocycles. The molecular weight excluding hydrogens is 252 g/mol. The summed E-state index contributed by atoms with van der Waals surface area (Å²) in [7, 11) is 1.69. The summed E-state index contributed by atoms with van der Waals surface area (Å²) in [4.78, 5) is 0. The van der Waals surface area contributed by atoms with Crippen LogP contribution in [0.3, 0.4) is 0 Å². The van der Waals surface area contributed by atoms with Gasteiger partial charge in [0, 0.05) is 13.2 Å². The smallest absolute Gasteiger partial charge is 0.129 e. The highest BCUT2D eigenvalue weighted by molar-refractivity contribution is 5.57. The fourth-order valence-electron chi connectivity index (χ4n) is 1.79. The lowest BCUT2D eigenvalue weighted by Gasteiger charge is -2.08. The highest BCUT2D eigenvalue weighted by atomic mass is 16.5. The molecule has 0 unspecified atom stereocenters. The summed E-state index contributed by atoms with van der Waals surface area (Å²) in [5.41, 5.74) is 7.81. The molecule has 2 rings (SSSR count). The molecule has 0 fully saturated rings. The number of hydrogen-bond donors (Lipinski definition) is 1. The van der Waals surface area contributed by atoms with Crippen molar-refractivity contribution in [2.75, 3.05) is 19.5 Å². The lowest BCUT2D eigenvalue weighted by atomic mass is 10.1. The fraction of sp³-hybridized carbons (Fsp3) is 0.188. The van der Waals surface area contributed by atoms with E-state index in [9.17, 15) is 0 Å². The molecule has 0 atom stereocenters. The van der Waals surface area contributed by atoms with Crippen LogP contribution in [0, 0.1) is 11.3 Å². The van der Waals surface area contributed by atoms with E-state index < -0.39 is 0 Å². The SMILES string of the molecule is COCCc1ccc(Oc2ccc(C#N)c(N)c2)cc1. The number of benzene rings is 2. The van der Waals surface area contributed by atoms with Crippen molar-refractivity contribution in [3.05, 3.63) is 53.6 Å². The van der Waals surface area contributed by atoms with E-state index in [-0.39, 0.29) is 0 Å². The summed E-state index contributed by atoms with van der Waals surface area (Å²) < 4.78 is 10.7. The third-order valence-electron chi connectivity index (χ3n) is 2.90. The number of rotatable bonds is 5. The number of hydrogen-bond acceptors (Lipinski definition) is 4. The van der Waals surface area contributed by atoms with Crippen molar-refractivity contribution in [1.29, 1.82) is 5.26 Å². The Balaban J connectivity index is 2.06. The molecule has 4 heteroatoms. The topological polar surface area (TPSA) is 68.3 Å². The number of nitrogens with two attached hydrogens (primary N) is 1. The summed E-state index contributed by atoms with van der Waals surface area (Å²) in [6.07, 6.45) is 0.876. The van der Waals surface area contributed by atoms with Crippen LogP contribution in [0.1, 0.15) is 11.1 Å². The summed E-state index contributed by atoms with van der Waals surface area (Å²) in [5.74, 6) is 1.35. The van der Waals surface area contributed by atoms with Crippen LogP contribution >= 0.6 is 0 Å². The van der Waals surface area contributed by atoms with E-state index >= 15 is 0 Å². The minimum atomic E-state index is 0.418. The molecule has 20 heavy (non-hydrogen) atoms. The summed E-state index contributed by atoms with van der Waals surface area (Å²) in [5, 5.41) is 8.82. The third kappa shape index (κ3) is 3.50. The van der Waals surface area contributed by atoms with E-state index in [0.29, 0.717) is 23.6 Å². The van der Waals surface area contributed by atoms with Crippen LogP contribution in [0.2, 0.25) is 0 Å². The summed E-state index contributed by atoms with van der Waals surface area (Å²) in [6.45, 7) is 0.701. The second-order valence-corrected chi connectivity index (χ2v) is 4.35. The average Bonchev–Trinajstić information content (AvgIpc) is 2.47. The van der Waals surface area contributed by atoms with Crippen molar-refractivity contribution in [1.82, 2.24) is 0 Å². The third-order valence-corrected chi connectivity index (χ3v) is 2.90. The highest BCUT2D eigenvalue weighted by Crippen LogP contribution is 2.25. The molecule has 4 nitrogen and oxygen atoms in total. The molecule has 0 aliphatic carbocycles. The van der Waals surface area contributed by atoms with E-state index in [1.807, 2.05) is 30.3 Å². The first kappa shape index (κ1) is 13.9. The second-order valence-electron chi connectivity index (χ2n) is 4.35. The largest absolute Gasteiger partial charge is 0.457 e. The minimum Gasteiger partial charge on any atom is -0.457 e. The molecule has 2 aromatic carbocycles. The van der Waals surface area contributed by atoms with Crippen molar-refractivity contribution in [3.63, 3.8) is 0 Å². The zero-order valence-corrected chi connectivity index (χ0v) is 11.3. The standard InChI is InChI=1S/C16H16N2O2/c1-19-9-8-12-2-5-14(6-3-12)20-15-7-4-13(11-17)16(18)10-15/h2-7,10H,8-9,18H2,1H3. The van der Waals surface area contributed by atoms with Crippen molar-refractivity contribution in [2.45, 2.75) is 6.42 Å². The predicted octanol–water partition coefficient (Wildman–Crippen LogP) is 3.12. The first-order valence-corrected chi connectivity index (χ1v) is 6.28. The number of nitriles is 1. The number of methoxy groups -OCH3 is 1. The lowest BCUT2D eigenvalue weighted by molar-refractivity contribution is 0.202. The average molecular weight is 268 g/mol. The van der Waals surface area contributed by atoms with Gasteiger partial charge in [-0.2, -0.15) is 5.26 Å². The van der Waals surface area contributed by atoms with Gasteiger partial charge in [0.2, 0.25) is 0 Å². The molecule has 0 heterocycles. The van der Waals surface area contributed by atoms with Crippen molar-refractivity contribution in [2.24, 2.45) is 0 Å². The molecule has 0 amide bonds. The van der Waals surface area contributed by atoms with E-state index in [2.05, 4.69) is 0 Å². The Morgan fingerprint density at radius 3 is 2.40 bits per heavy atom. The zero-order chi connectivity index (χ0) is 14.4. The molecule has 0 saturated heterocycles. The van der Waals surface area contributed by atoms with Crippen LogP contribution in [0.25, 0.3) is 0 Å². The maximum absolute atomic E-state index is 8.82. The van der Waals surface area contributed by atoms with Gasteiger partial charge in [0.1, 0.15) is 17.6 Å². The Morgan fingerprint density at radius 1 is 1.10 bits per heavy atom. The van der Waals surface area contributed by atoms with Gasteiger partial charge in [0.05, 0.1) is 17.9 Å². The predicted molar refractivity (Wildman–Crippen MR) is 77.7 cm³/mol. The zero-order valence-electron chi connectivity index (χ0n) is 11.3. The number of anilines is 1. The molecule has 0 bridgehead atoms. The van der Waals surface area contributed by atoms with Crippen molar-refractivity contribution < 1.29 is 9.47 Å². The van der Waals surface area contributed by atoms with Gasteiger partial charge in [0.15, 0.2) is 0 Å². The Labute approximate surface area is 118 Å². The van der Waals surface area contributed by atoms with E-state index in [1.54, 1.807) is 25.3 Å².